The number of anilines is 1. The topological polar surface area (TPSA) is 327 Å². The van der Waals surface area contributed by atoms with E-state index < -0.39 is 35.5 Å². The van der Waals surface area contributed by atoms with Crippen LogP contribution >= 0.6 is 61.8 Å². The van der Waals surface area contributed by atoms with Crippen molar-refractivity contribution in [1.29, 1.82) is 0 Å². The van der Waals surface area contributed by atoms with Crippen LogP contribution < -0.4 is 40.6 Å². The maximum Gasteiger partial charge on any atom is 1.00 e. The van der Waals surface area contributed by atoms with Crippen LogP contribution in [0.15, 0.2) is 196 Å². The molecule has 103 heavy (non-hydrogen) atoms. The molecule has 0 aliphatic carbocycles. The molecule has 0 saturated heterocycles. The molecule has 35 heteroatoms. The second kappa shape index (κ2) is 35.9. The molecule has 14 heterocycles. The first-order valence-electron chi connectivity index (χ1n) is 29.7. The quantitative estimate of drug-likeness (QED) is 0.0231. The smallest absolute Gasteiger partial charge is 1.00 e. The normalized spacial score (nSPS) is 11.3. The van der Waals surface area contributed by atoms with Gasteiger partial charge in [0.1, 0.15) is 50.2 Å². The Morgan fingerprint density at radius 2 is 0.942 bits per heavy atom. The van der Waals surface area contributed by atoms with Crippen LogP contribution in [0.4, 0.5) is 23.4 Å². The SMILES string of the molecule is Fc1cncc(-c2cc(Cl)n3cccc3n2)c1.NC[C@@H](O)c1c[nH]c2ccccc12.O=Cc1cnn2c(Cl)cc(-c3cncc(F)c3)nc12.OCc1cnn2c(Cl)cc(-c3cncc(F)c3)nc12.OCc1cnn2c(NC[C@@H](O)c3c[nH]c4ccccc34)cc(-c3cncc(F)c3)nc12.S.S.[B].[H-].[Na+]. The molecule has 9 N–H and O–H groups in total. The number of benzene rings is 2. The van der Waals surface area contributed by atoms with Crippen molar-refractivity contribution < 1.29 is 73.8 Å². The number of nitrogens with zero attached hydrogens (tertiary/aromatic N) is 15. The Hall–Kier alpha value is -9.71. The van der Waals surface area contributed by atoms with Crippen molar-refractivity contribution in [2.75, 3.05) is 18.4 Å². The van der Waals surface area contributed by atoms with E-state index in [2.05, 4.69) is 70.5 Å². The Kier molecular flexibility index (Phi) is 27.6. The minimum absolute atomic E-state index is 0. The molecule has 0 unspecified atom stereocenters. The van der Waals surface area contributed by atoms with Crippen molar-refractivity contribution in [3.05, 3.63) is 262 Å². The van der Waals surface area contributed by atoms with Gasteiger partial charge < -0.3 is 42.9 Å². The third-order valence-corrected chi connectivity index (χ3v) is 15.9. The molecule has 0 aliphatic heterocycles. The minimum atomic E-state index is -0.786. The fourth-order valence-electron chi connectivity index (χ4n) is 10.3. The Morgan fingerprint density at radius 1 is 0.524 bits per heavy atom. The molecule has 24 nitrogen and oxygen atoms in total. The second-order valence-corrected chi connectivity index (χ2v) is 22.7. The van der Waals surface area contributed by atoms with E-state index in [-0.39, 0.29) is 97.8 Å². The Balaban J connectivity index is 0.000000185. The molecule has 3 radical (unpaired) electrons. The molecule has 16 aromatic rings. The van der Waals surface area contributed by atoms with E-state index in [1.54, 1.807) is 39.5 Å². The molecule has 16 rings (SSSR count). The minimum Gasteiger partial charge on any atom is -1.00 e. The molecular weight excluding hydrogens is 1440 g/mol. The van der Waals surface area contributed by atoms with Gasteiger partial charge in [0.2, 0.25) is 0 Å². The van der Waals surface area contributed by atoms with Gasteiger partial charge in [0.15, 0.2) is 23.2 Å². The summed E-state index contributed by atoms with van der Waals surface area (Å²) in [6.07, 6.45) is 19.6. The number of aromatic amines is 2. The van der Waals surface area contributed by atoms with Crippen LogP contribution in [-0.2, 0) is 13.2 Å². The molecular formula is C68H57BCl3F4N19NaO5S2. The van der Waals surface area contributed by atoms with Crippen LogP contribution in [-0.4, -0.2) is 131 Å². The number of fused-ring (bicyclic) bond motifs is 6. The third-order valence-electron chi connectivity index (χ3n) is 15.1. The van der Waals surface area contributed by atoms with Crippen molar-refractivity contribution in [3.8, 4) is 45.0 Å². The summed E-state index contributed by atoms with van der Waals surface area (Å²) in [5, 5.41) is 57.8. The number of hydrogen-bond acceptors (Lipinski definition) is 18. The number of aliphatic hydroxyl groups is 4. The zero-order valence-corrected chi connectivity index (χ0v) is 60.0. The van der Waals surface area contributed by atoms with E-state index in [1.165, 1.54) is 76.5 Å². The molecule has 0 amide bonds. The summed E-state index contributed by atoms with van der Waals surface area (Å²) in [5.74, 6) is -1.25. The van der Waals surface area contributed by atoms with Crippen LogP contribution in [0.1, 0.15) is 46.2 Å². The van der Waals surface area contributed by atoms with E-state index in [1.807, 2.05) is 73.1 Å². The number of carbonyl (C=O) groups is 1. The van der Waals surface area contributed by atoms with Gasteiger partial charge in [-0.05, 0) is 48.5 Å². The molecule has 0 fully saturated rings. The van der Waals surface area contributed by atoms with Gasteiger partial charge in [0.05, 0.1) is 97.1 Å². The van der Waals surface area contributed by atoms with Gasteiger partial charge in [-0.2, -0.15) is 46.8 Å². The van der Waals surface area contributed by atoms with Gasteiger partial charge in [-0.15, -0.1) is 0 Å². The number of hydrogen-bond donors (Lipinski definition) is 8. The number of carbonyl (C=O) groups excluding carboxylic acids is 1. The number of rotatable bonds is 13. The van der Waals surface area contributed by atoms with Crippen LogP contribution in [0.2, 0.25) is 15.5 Å². The Labute approximate surface area is 636 Å². The Bertz CT molecular complexity index is 5590. The first-order valence-corrected chi connectivity index (χ1v) is 30.8. The van der Waals surface area contributed by atoms with Gasteiger partial charge in [0.25, 0.3) is 0 Å². The predicted octanol–water partition coefficient (Wildman–Crippen LogP) is 8.83. The zero-order valence-electron chi connectivity index (χ0n) is 54.7. The molecule has 2 atom stereocenters. The molecule has 0 aliphatic rings. The number of aldehydes is 1. The number of H-pyrrole nitrogens is 2. The van der Waals surface area contributed by atoms with Gasteiger partial charge in [-0.25, -0.2) is 46.5 Å². The fourth-order valence-corrected chi connectivity index (χ4v) is 11.0. The van der Waals surface area contributed by atoms with Crippen LogP contribution in [0.5, 0.6) is 0 Å². The monoisotopic (exact) mass is 1500 g/mol. The standard InChI is InChI=1S/C22H19FN6O2.C12H8ClFN4O.C12H6ClFN4O.C12H7ClFN3.C10H12N2O.B.Na.2H2S.H/c23-15-5-13(7-24-9-15)19-6-21(29-22(28-19)14(12-30)8-27-29)26-11-20(31)17-10-25-18-4-2-1-3-16(17)18;2*13-11-2-10(7-1-9(14)5-15-3-7)17-12-8(6-19)4-16-18(11)12;13-11-5-10(8-4-9(14)7-15-6-8)16-12-2-1-3-17(11)12;11-5-10(13)8-6-12-9-4-2-1-3-7(8)9;;;;;/h1-10,20,25-26,30-31H,11-12H2;1-5,19H,6H2;1-6H;1-7H;1-4,6,10,12-13H,5,11H2;;;2*1H2;/q;;;;;;+1;;;-1/t20-;;;;10-;;;;;/m1...1...../s1. The van der Waals surface area contributed by atoms with Crippen molar-refractivity contribution in [1.82, 2.24) is 83.1 Å². The van der Waals surface area contributed by atoms with E-state index in [0.29, 0.717) is 101 Å². The number of halogens is 7. The number of nitrogens with two attached hydrogens (primary N) is 1. The molecule has 0 bridgehead atoms. The average molecular weight is 1500 g/mol. The maximum absolute atomic E-state index is 13.7. The maximum atomic E-state index is 13.7. The van der Waals surface area contributed by atoms with E-state index in [9.17, 15) is 42.8 Å². The van der Waals surface area contributed by atoms with Gasteiger partial charge in [-0.1, -0.05) is 71.2 Å². The van der Waals surface area contributed by atoms with Crippen molar-refractivity contribution in [2.45, 2.75) is 25.4 Å². The van der Waals surface area contributed by atoms with Crippen molar-refractivity contribution in [3.63, 3.8) is 0 Å². The third kappa shape index (κ3) is 18.0. The van der Waals surface area contributed by atoms with E-state index in [0.717, 1.165) is 63.4 Å². The second-order valence-electron chi connectivity index (χ2n) is 21.5. The van der Waals surface area contributed by atoms with Crippen molar-refractivity contribution >= 4 is 127 Å². The number of nitrogens with one attached hydrogen (secondary N) is 3. The summed E-state index contributed by atoms with van der Waals surface area (Å²) < 4.78 is 59.1. The summed E-state index contributed by atoms with van der Waals surface area (Å²) in [6.45, 7) is 0.0222. The van der Waals surface area contributed by atoms with Crippen molar-refractivity contribution in [2.24, 2.45) is 5.73 Å². The molecule has 14 aromatic heterocycles. The van der Waals surface area contributed by atoms with E-state index >= 15 is 0 Å². The number of aromatic nitrogens is 17. The molecule has 0 spiro atoms. The first-order chi connectivity index (χ1) is 48.1. The number of pyridine rings is 4. The van der Waals surface area contributed by atoms with Crippen LogP contribution in [0.3, 0.4) is 0 Å². The summed E-state index contributed by atoms with van der Waals surface area (Å²) in [7, 11) is 0. The summed E-state index contributed by atoms with van der Waals surface area (Å²) in [6, 6.07) is 31.1. The zero-order chi connectivity index (χ0) is 69.3. The fraction of sp³-hybridized carbons (Fsp3) is 0.0882. The van der Waals surface area contributed by atoms with Gasteiger partial charge in [-0.3, -0.25) is 29.1 Å². The first kappa shape index (κ1) is 79.0. The average Bonchev–Trinajstić information content (AvgIpc) is 1.61. The van der Waals surface area contributed by atoms with Gasteiger partial charge >= 0.3 is 29.6 Å². The largest absolute Gasteiger partial charge is 1.00 e. The summed E-state index contributed by atoms with van der Waals surface area (Å²) in [4.78, 5) is 49.8. The predicted molar refractivity (Wildman–Crippen MR) is 391 cm³/mol. The molecule has 2 aromatic carbocycles. The number of aliphatic hydroxyl groups excluding tert-OH is 4. The Morgan fingerprint density at radius 3 is 1.42 bits per heavy atom. The van der Waals surface area contributed by atoms with Crippen LogP contribution in [0, 0.1) is 23.3 Å². The van der Waals surface area contributed by atoms with Gasteiger partial charge in [0, 0.05) is 155 Å². The molecule has 0 saturated carbocycles. The summed E-state index contributed by atoms with van der Waals surface area (Å²) >= 11 is 18.2. The van der Waals surface area contributed by atoms with E-state index in [4.69, 9.17) is 40.5 Å². The van der Waals surface area contributed by atoms with Crippen LogP contribution in [0.25, 0.3) is 89.4 Å². The summed E-state index contributed by atoms with van der Waals surface area (Å²) in [5.41, 5.74) is 16.4. The number of para-hydroxylation sites is 2. The molecule has 519 valence electrons.